The molecule has 1 aromatic heterocycles. The number of aromatic amines is 1. The summed E-state index contributed by atoms with van der Waals surface area (Å²) in [6, 6.07) is 3.72. The summed E-state index contributed by atoms with van der Waals surface area (Å²) >= 11 is 5.32. The molecule has 0 atom stereocenters. The van der Waals surface area contributed by atoms with Crippen molar-refractivity contribution in [2.75, 3.05) is 0 Å². The number of phenolic OH excluding ortho intramolecular Hbond substituents is 1. The minimum absolute atomic E-state index is 0.314. The van der Waals surface area contributed by atoms with Gasteiger partial charge in [-0.3, -0.25) is 9.67 Å². The van der Waals surface area contributed by atoms with Gasteiger partial charge in [0.05, 0.1) is 0 Å². The molecule has 2 aromatic rings. The first-order chi connectivity index (χ1) is 10.0. The van der Waals surface area contributed by atoms with Crippen LogP contribution in [-0.2, 0) is 6.42 Å². The lowest BCUT2D eigenvalue weighted by Crippen LogP contribution is -2.00. The summed E-state index contributed by atoms with van der Waals surface area (Å²) in [7, 11) is 0. The van der Waals surface area contributed by atoms with Crippen molar-refractivity contribution in [3.05, 3.63) is 46.8 Å². The molecule has 0 aliphatic carbocycles. The summed E-state index contributed by atoms with van der Waals surface area (Å²) in [6.45, 7) is 9.69. The van der Waals surface area contributed by atoms with Gasteiger partial charge in [0.15, 0.2) is 10.6 Å². The molecule has 0 spiro atoms. The van der Waals surface area contributed by atoms with Crippen LogP contribution < -0.4 is 0 Å². The van der Waals surface area contributed by atoms with Crippen molar-refractivity contribution in [2.24, 2.45) is 0 Å². The first-order valence-electron chi connectivity index (χ1n) is 6.82. The minimum Gasteiger partial charge on any atom is -0.508 e. The Labute approximate surface area is 129 Å². The van der Waals surface area contributed by atoms with Gasteiger partial charge in [0.25, 0.3) is 0 Å². The monoisotopic (exact) mass is 301 g/mol. The first kappa shape index (κ1) is 15.3. The summed E-state index contributed by atoms with van der Waals surface area (Å²) in [6.07, 6.45) is 4.42. The van der Waals surface area contributed by atoms with Crippen LogP contribution in [0.2, 0.25) is 0 Å². The third-order valence-electron chi connectivity index (χ3n) is 3.48. The molecule has 4 nitrogen and oxygen atoms in total. The number of hydrogen-bond acceptors (Lipinski definition) is 3. The van der Waals surface area contributed by atoms with Gasteiger partial charge < -0.3 is 5.11 Å². The Morgan fingerprint density at radius 2 is 2.24 bits per heavy atom. The predicted molar refractivity (Wildman–Crippen MR) is 88.8 cm³/mol. The Morgan fingerprint density at radius 3 is 2.81 bits per heavy atom. The van der Waals surface area contributed by atoms with Crippen LogP contribution in [0.4, 0.5) is 0 Å². The Hall–Kier alpha value is -2.14. The highest BCUT2D eigenvalue weighted by Gasteiger charge is 2.15. The highest BCUT2D eigenvalue weighted by atomic mass is 32.1. The van der Waals surface area contributed by atoms with Crippen LogP contribution >= 0.6 is 12.2 Å². The summed E-state index contributed by atoms with van der Waals surface area (Å²) in [5.74, 6) is 1.04. The van der Waals surface area contributed by atoms with E-state index >= 15 is 0 Å². The van der Waals surface area contributed by atoms with Crippen molar-refractivity contribution in [3.8, 4) is 17.1 Å². The molecule has 0 aliphatic rings. The Balaban J connectivity index is 2.75. The molecular weight excluding hydrogens is 282 g/mol. The minimum atomic E-state index is 0.314. The average molecular weight is 301 g/mol. The molecular formula is C16H19N3OS. The van der Waals surface area contributed by atoms with E-state index in [0.717, 1.165) is 34.6 Å². The molecule has 0 saturated heterocycles. The number of rotatable bonds is 4. The summed E-state index contributed by atoms with van der Waals surface area (Å²) in [5, 5.41) is 17.1. The van der Waals surface area contributed by atoms with Gasteiger partial charge in [0.1, 0.15) is 5.75 Å². The number of H-pyrrole nitrogens is 1. The predicted octanol–water partition coefficient (Wildman–Crippen LogP) is 4.23. The molecule has 2 rings (SSSR count). The number of nitrogens with one attached hydrogen (secondary N) is 1. The number of aromatic hydroxyl groups is 1. The van der Waals surface area contributed by atoms with E-state index in [4.69, 9.17) is 12.2 Å². The Morgan fingerprint density at radius 1 is 1.52 bits per heavy atom. The fraction of sp³-hybridized carbons (Fsp3) is 0.250. The van der Waals surface area contributed by atoms with E-state index in [2.05, 4.69) is 16.8 Å². The third-order valence-corrected chi connectivity index (χ3v) is 3.76. The van der Waals surface area contributed by atoms with E-state index in [1.54, 1.807) is 12.1 Å². The van der Waals surface area contributed by atoms with E-state index in [9.17, 15) is 5.11 Å². The van der Waals surface area contributed by atoms with Crippen molar-refractivity contribution in [1.82, 2.24) is 14.8 Å². The lowest BCUT2D eigenvalue weighted by molar-refractivity contribution is 0.468. The molecule has 0 fully saturated rings. The van der Waals surface area contributed by atoms with Crippen molar-refractivity contribution in [3.63, 3.8) is 0 Å². The zero-order chi connectivity index (χ0) is 15.6. The first-order valence-corrected chi connectivity index (χ1v) is 7.23. The standard InChI is InChI=1S/C16H19N3OS/c1-5-11-9-13(10(4)8-14(11)20)15-17-18-16(21)19(15)12(6-2)7-3/h6-9,20H,2,5H2,1,3-4H3,(H,18,21)/b12-7+. The molecule has 0 radical (unpaired) electrons. The van der Waals surface area contributed by atoms with Gasteiger partial charge in [-0.2, -0.15) is 5.10 Å². The SMILES string of the molecule is C=C/C(=C\C)n1c(-c2cc(CC)c(O)cc2C)n[nH]c1=S. The van der Waals surface area contributed by atoms with Crippen LogP contribution in [0.1, 0.15) is 25.0 Å². The normalized spacial score (nSPS) is 11.7. The van der Waals surface area contributed by atoms with Crippen LogP contribution in [0.25, 0.3) is 17.1 Å². The topological polar surface area (TPSA) is 53.8 Å². The molecule has 1 aromatic carbocycles. The van der Waals surface area contributed by atoms with Crippen molar-refractivity contribution in [1.29, 1.82) is 0 Å². The van der Waals surface area contributed by atoms with Crippen LogP contribution in [0.5, 0.6) is 5.75 Å². The maximum Gasteiger partial charge on any atom is 0.200 e. The third kappa shape index (κ3) is 2.69. The van der Waals surface area contributed by atoms with E-state index in [1.165, 1.54) is 0 Å². The molecule has 0 unspecified atom stereocenters. The number of nitrogens with zero attached hydrogens (tertiary/aromatic N) is 2. The molecule has 5 heteroatoms. The van der Waals surface area contributed by atoms with Crippen LogP contribution in [0.3, 0.4) is 0 Å². The number of aryl methyl sites for hydroxylation is 2. The maximum atomic E-state index is 9.96. The molecule has 0 saturated carbocycles. The lowest BCUT2D eigenvalue weighted by atomic mass is 10.0. The number of allylic oxidation sites excluding steroid dienone is 3. The fourth-order valence-corrected chi connectivity index (χ4v) is 2.55. The summed E-state index contributed by atoms with van der Waals surface area (Å²) < 4.78 is 2.37. The molecule has 1 heterocycles. The Kier molecular flexibility index (Phi) is 4.43. The van der Waals surface area contributed by atoms with E-state index in [0.29, 0.717) is 10.5 Å². The molecule has 0 bridgehead atoms. The smallest absolute Gasteiger partial charge is 0.200 e. The van der Waals surface area contributed by atoms with E-state index in [-0.39, 0.29) is 0 Å². The number of phenols is 1. The van der Waals surface area contributed by atoms with Crippen LogP contribution in [0, 0.1) is 11.7 Å². The van der Waals surface area contributed by atoms with Gasteiger partial charge in [0.2, 0.25) is 0 Å². The van der Waals surface area contributed by atoms with E-state index in [1.807, 2.05) is 37.5 Å². The zero-order valence-electron chi connectivity index (χ0n) is 12.5. The summed E-state index contributed by atoms with van der Waals surface area (Å²) in [5.41, 5.74) is 3.64. The van der Waals surface area contributed by atoms with Gasteiger partial charge >= 0.3 is 0 Å². The fourth-order valence-electron chi connectivity index (χ4n) is 2.32. The van der Waals surface area contributed by atoms with Gasteiger partial charge in [-0.1, -0.05) is 19.6 Å². The van der Waals surface area contributed by atoms with E-state index < -0.39 is 0 Å². The van der Waals surface area contributed by atoms with Gasteiger partial charge in [-0.15, -0.1) is 0 Å². The number of aromatic nitrogens is 3. The molecule has 0 aliphatic heterocycles. The highest BCUT2D eigenvalue weighted by molar-refractivity contribution is 7.71. The van der Waals surface area contributed by atoms with Gasteiger partial charge in [0, 0.05) is 11.3 Å². The summed E-state index contributed by atoms with van der Waals surface area (Å²) in [4.78, 5) is 0. The zero-order valence-corrected chi connectivity index (χ0v) is 13.3. The largest absolute Gasteiger partial charge is 0.508 e. The molecule has 110 valence electrons. The Bertz CT molecular complexity index is 768. The van der Waals surface area contributed by atoms with Gasteiger partial charge in [-0.05, 0) is 61.8 Å². The van der Waals surface area contributed by atoms with Gasteiger partial charge in [-0.25, -0.2) is 0 Å². The van der Waals surface area contributed by atoms with Crippen molar-refractivity contribution >= 4 is 17.9 Å². The van der Waals surface area contributed by atoms with Crippen LogP contribution in [0.15, 0.2) is 30.9 Å². The molecule has 0 amide bonds. The van der Waals surface area contributed by atoms with Crippen molar-refractivity contribution < 1.29 is 5.11 Å². The molecule has 2 N–H and O–H groups in total. The van der Waals surface area contributed by atoms with Crippen molar-refractivity contribution in [2.45, 2.75) is 27.2 Å². The van der Waals surface area contributed by atoms with Crippen LogP contribution in [-0.4, -0.2) is 19.9 Å². The quantitative estimate of drug-likeness (QED) is 0.656. The average Bonchev–Trinajstić information content (AvgIpc) is 2.83. The second-order valence-corrected chi connectivity index (χ2v) is 5.14. The lowest BCUT2D eigenvalue weighted by Gasteiger charge is -2.12. The maximum absolute atomic E-state index is 9.96. The second-order valence-electron chi connectivity index (χ2n) is 4.75. The number of benzene rings is 1. The molecule has 21 heavy (non-hydrogen) atoms. The second kappa shape index (κ2) is 6.10. The number of hydrogen-bond donors (Lipinski definition) is 2. The highest BCUT2D eigenvalue weighted by Crippen LogP contribution is 2.30.